The number of hydrogen-bond acceptors (Lipinski definition) is 3. The summed E-state index contributed by atoms with van der Waals surface area (Å²) in [6.45, 7) is 14.1. The van der Waals surface area contributed by atoms with E-state index in [-0.39, 0.29) is 17.0 Å². The first-order valence-corrected chi connectivity index (χ1v) is 5.84. The summed E-state index contributed by atoms with van der Waals surface area (Å²) >= 11 is 0. The molecule has 0 amide bonds. The molecule has 1 fully saturated rings. The van der Waals surface area contributed by atoms with Crippen LogP contribution in [-0.4, -0.2) is 22.1 Å². The van der Waals surface area contributed by atoms with Crippen molar-refractivity contribution in [3.63, 3.8) is 0 Å². The molecule has 3 nitrogen and oxygen atoms in total. The lowest BCUT2D eigenvalue weighted by molar-refractivity contribution is -0.267. The van der Waals surface area contributed by atoms with Crippen LogP contribution in [0.1, 0.15) is 47.5 Å². The third-order valence-electron chi connectivity index (χ3n) is 3.14. The van der Waals surface area contributed by atoms with Crippen LogP contribution in [0, 0.1) is 5.92 Å². The molecule has 3 heteroatoms. The molecule has 1 rings (SSSR count). The van der Waals surface area contributed by atoms with Gasteiger partial charge in [-0.3, -0.25) is 0 Å². The van der Waals surface area contributed by atoms with Crippen LogP contribution in [0.15, 0.2) is 12.7 Å². The van der Waals surface area contributed by atoms with E-state index in [1.807, 2.05) is 5.06 Å². The van der Waals surface area contributed by atoms with Crippen molar-refractivity contribution in [3.8, 4) is 0 Å². The van der Waals surface area contributed by atoms with Gasteiger partial charge in [-0.2, -0.15) is 0 Å². The summed E-state index contributed by atoms with van der Waals surface area (Å²) in [6.07, 6.45) is 3.27. The zero-order valence-corrected chi connectivity index (χ0v) is 11.0. The maximum Gasteiger partial charge on any atom is 0.349 e. The first kappa shape index (κ1) is 13.2. The van der Waals surface area contributed by atoms with E-state index in [0.29, 0.717) is 5.92 Å². The average molecular weight is 225 g/mol. The van der Waals surface area contributed by atoms with E-state index in [0.717, 1.165) is 12.8 Å². The summed E-state index contributed by atoms with van der Waals surface area (Å²) < 4.78 is 0. The molecule has 1 aliphatic rings. The monoisotopic (exact) mass is 225 g/mol. The van der Waals surface area contributed by atoms with Crippen LogP contribution in [0.3, 0.4) is 0 Å². The Labute approximate surface area is 98.4 Å². The molecule has 1 saturated heterocycles. The van der Waals surface area contributed by atoms with Crippen molar-refractivity contribution in [3.05, 3.63) is 12.7 Å². The Morgan fingerprint density at radius 2 is 1.75 bits per heavy atom. The largest absolute Gasteiger partial charge is 0.363 e. The summed E-state index contributed by atoms with van der Waals surface area (Å²) in [5.74, 6) is 0.263. The molecule has 1 heterocycles. The molecule has 0 aliphatic carbocycles. The summed E-state index contributed by atoms with van der Waals surface area (Å²) in [7, 11) is 0. The van der Waals surface area contributed by atoms with E-state index in [9.17, 15) is 4.79 Å². The van der Waals surface area contributed by atoms with Gasteiger partial charge in [0.25, 0.3) is 0 Å². The Morgan fingerprint density at radius 3 is 2.12 bits per heavy atom. The Hall–Kier alpha value is -0.830. The highest BCUT2D eigenvalue weighted by Gasteiger charge is 2.46. The second-order valence-corrected chi connectivity index (χ2v) is 6.05. The fourth-order valence-electron chi connectivity index (χ4n) is 3.14. The van der Waals surface area contributed by atoms with Crippen LogP contribution in [-0.2, 0) is 9.63 Å². The van der Waals surface area contributed by atoms with Crippen molar-refractivity contribution >= 4 is 5.97 Å². The predicted molar refractivity (Wildman–Crippen MR) is 64.7 cm³/mol. The fourth-order valence-corrected chi connectivity index (χ4v) is 3.14. The molecular weight excluding hydrogens is 202 g/mol. The Balaban J connectivity index is 2.92. The van der Waals surface area contributed by atoms with Crippen molar-refractivity contribution in [2.24, 2.45) is 5.92 Å². The van der Waals surface area contributed by atoms with Gasteiger partial charge in [0.05, 0.1) is 11.1 Å². The van der Waals surface area contributed by atoms with E-state index >= 15 is 0 Å². The smallest absolute Gasteiger partial charge is 0.349 e. The zero-order valence-electron chi connectivity index (χ0n) is 11.0. The number of piperidine rings is 1. The molecule has 0 unspecified atom stereocenters. The zero-order chi connectivity index (χ0) is 12.6. The fraction of sp³-hybridized carbons (Fsp3) is 0.769. The molecule has 0 aromatic heterocycles. The quantitative estimate of drug-likeness (QED) is 0.677. The van der Waals surface area contributed by atoms with Crippen LogP contribution in [0.25, 0.3) is 0 Å². The normalized spacial score (nSPS) is 25.1. The van der Waals surface area contributed by atoms with E-state index in [4.69, 9.17) is 4.84 Å². The van der Waals surface area contributed by atoms with Crippen molar-refractivity contribution in [1.82, 2.24) is 5.06 Å². The minimum Gasteiger partial charge on any atom is -0.363 e. The summed E-state index contributed by atoms with van der Waals surface area (Å²) in [6, 6.07) is 0. The van der Waals surface area contributed by atoms with Gasteiger partial charge in [-0.15, -0.1) is 5.06 Å². The molecular formula is C13H23NO2. The lowest BCUT2D eigenvalue weighted by Gasteiger charge is -2.52. The molecule has 0 saturated carbocycles. The van der Waals surface area contributed by atoms with Gasteiger partial charge >= 0.3 is 5.97 Å². The van der Waals surface area contributed by atoms with Crippen LogP contribution in [0.2, 0.25) is 0 Å². The number of hydroxylamine groups is 2. The van der Waals surface area contributed by atoms with Crippen LogP contribution in [0.5, 0.6) is 0 Å². The molecule has 0 N–H and O–H groups in total. The minimum atomic E-state index is -0.379. The molecule has 0 atom stereocenters. The summed E-state index contributed by atoms with van der Waals surface area (Å²) in [4.78, 5) is 16.8. The summed E-state index contributed by atoms with van der Waals surface area (Å²) in [5, 5.41) is 1.84. The minimum absolute atomic E-state index is 0.125. The van der Waals surface area contributed by atoms with Crippen molar-refractivity contribution in [2.45, 2.75) is 58.5 Å². The molecule has 92 valence electrons. The number of rotatable bonds is 2. The molecule has 0 radical (unpaired) electrons. The third-order valence-corrected chi connectivity index (χ3v) is 3.14. The molecule has 0 bridgehead atoms. The number of hydrogen-bond donors (Lipinski definition) is 0. The lowest BCUT2D eigenvalue weighted by Crippen LogP contribution is -2.60. The van der Waals surface area contributed by atoms with Crippen molar-refractivity contribution in [2.75, 3.05) is 0 Å². The average Bonchev–Trinajstić information content (AvgIpc) is 2.08. The molecule has 0 spiro atoms. The lowest BCUT2D eigenvalue weighted by atomic mass is 9.76. The maximum absolute atomic E-state index is 11.4. The van der Waals surface area contributed by atoms with E-state index < -0.39 is 0 Å². The second kappa shape index (κ2) is 4.21. The highest BCUT2D eigenvalue weighted by atomic mass is 16.7. The van der Waals surface area contributed by atoms with Gasteiger partial charge in [0, 0.05) is 6.08 Å². The number of carbonyl (C=O) groups excluding carboxylic acids is 1. The van der Waals surface area contributed by atoms with Crippen LogP contribution in [0.4, 0.5) is 0 Å². The first-order chi connectivity index (χ1) is 7.19. The second-order valence-electron chi connectivity index (χ2n) is 6.05. The molecule has 0 aromatic rings. The Bertz CT molecular complexity index is 276. The number of nitrogens with zero attached hydrogens (tertiary/aromatic N) is 1. The highest BCUT2D eigenvalue weighted by Crippen LogP contribution is 2.41. The van der Waals surface area contributed by atoms with Crippen LogP contribution < -0.4 is 0 Å². The van der Waals surface area contributed by atoms with Crippen molar-refractivity contribution in [1.29, 1.82) is 0 Å². The summed E-state index contributed by atoms with van der Waals surface area (Å²) in [5.41, 5.74) is -0.250. The van der Waals surface area contributed by atoms with Gasteiger partial charge in [-0.25, -0.2) is 4.79 Å². The third kappa shape index (κ3) is 2.64. The molecule has 1 aliphatic heterocycles. The topological polar surface area (TPSA) is 29.5 Å². The van der Waals surface area contributed by atoms with E-state index in [1.54, 1.807) is 0 Å². The van der Waals surface area contributed by atoms with E-state index in [2.05, 4.69) is 41.2 Å². The van der Waals surface area contributed by atoms with Gasteiger partial charge in [-0.1, -0.05) is 13.5 Å². The van der Waals surface area contributed by atoms with E-state index in [1.165, 1.54) is 6.08 Å². The first-order valence-electron chi connectivity index (χ1n) is 5.84. The molecule has 0 aromatic carbocycles. The Kier molecular flexibility index (Phi) is 3.48. The number of carbonyl (C=O) groups is 1. The van der Waals surface area contributed by atoms with Gasteiger partial charge in [0.15, 0.2) is 0 Å². The standard InChI is InChI=1S/C13H23NO2/c1-7-11(15)16-14-12(3,4)8-10(2)9-13(14,5)6/h7,10H,1,8-9H2,2-6H3. The SMILES string of the molecule is C=CC(=O)ON1C(C)(C)CC(C)CC1(C)C. The van der Waals surface area contributed by atoms with Gasteiger partial charge in [0.1, 0.15) is 0 Å². The van der Waals surface area contributed by atoms with Gasteiger partial charge in [-0.05, 0) is 46.5 Å². The highest BCUT2D eigenvalue weighted by molar-refractivity contribution is 5.80. The van der Waals surface area contributed by atoms with Crippen molar-refractivity contribution < 1.29 is 9.63 Å². The molecule has 16 heavy (non-hydrogen) atoms. The maximum atomic E-state index is 11.4. The Morgan fingerprint density at radius 1 is 1.31 bits per heavy atom. The van der Waals surface area contributed by atoms with Gasteiger partial charge in [0.2, 0.25) is 0 Å². The van der Waals surface area contributed by atoms with Crippen LogP contribution >= 0.6 is 0 Å². The predicted octanol–water partition coefficient (Wildman–Crippen LogP) is 2.92. The van der Waals surface area contributed by atoms with Gasteiger partial charge < -0.3 is 4.84 Å².